The van der Waals surface area contributed by atoms with Crippen LogP contribution < -0.4 is 10.0 Å². The molecule has 78 valence electrons. The molecule has 1 amide bonds. The highest BCUT2D eigenvalue weighted by Crippen LogP contribution is 1.72. The van der Waals surface area contributed by atoms with Crippen LogP contribution in [-0.4, -0.2) is 47.4 Å². The number of hydrogen-bond donors (Lipinski definition) is 2. The van der Waals surface area contributed by atoms with Gasteiger partial charge in [0.05, 0.1) is 6.26 Å². The summed E-state index contributed by atoms with van der Waals surface area (Å²) in [5.41, 5.74) is 0. The third-order valence-corrected chi connectivity index (χ3v) is 1.82. The second-order valence-corrected chi connectivity index (χ2v) is 4.28. The summed E-state index contributed by atoms with van der Waals surface area (Å²) >= 11 is 0. The Hall–Kier alpha value is -0.660. The van der Waals surface area contributed by atoms with Gasteiger partial charge in [0.1, 0.15) is 6.61 Å². The highest BCUT2D eigenvalue weighted by molar-refractivity contribution is 7.88. The lowest BCUT2D eigenvalue weighted by Crippen LogP contribution is -2.35. The fourth-order valence-electron chi connectivity index (χ4n) is 0.620. The van der Waals surface area contributed by atoms with E-state index in [1.54, 1.807) is 0 Å². The molecule has 0 bridgehead atoms. The van der Waals surface area contributed by atoms with Gasteiger partial charge in [0.15, 0.2) is 0 Å². The molecule has 0 aliphatic rings. The molecule has 0 saturated carbocycles. The standard InChI is InChI=1S/C6H14N2O4S/c1-12-5-6(9)7-3-4-8-13(2,10)11/h8H,3-5H2,1-2H3,(H,7,9). The lowest BCUT2D eigenvalue weighted by molar-refractivity contribution is -0.124. The number of nitrogens with one attached hydrogen (secondary N) is 2. The first-order valence-corrected chi connectivity index (χ1v) is 5.55. The van der Waals surface area contributed by atoms with E-state index in [9.17, 15) is 13.2 Å². The SMILES string of the molecule is COCC(=O)NCCNS(C)(=O)=O. The molecule has 0 radical (unpaired) electrons. The van der Waals surface area contributed by atoms with Gasteiger partial charge < -0.3 is 10.1 Å². The van der Waals surface area contributed by atoms with E-state index >= 15 is 0 Å². The molecule has 0 rings (SSSR count). The first-order valence-electron chi connectivity index (χ1n) is 3.66. The van der Waals surface area contributed by atoms with E-state index in [0.717, 1.165) is 6.26 Å². The van der Waals surface area contributed by atoms with Crippen LogP contribution in [0.5, 0.6) is 0 Å². The molecule has 6 nitrogen and oxygen atoms in total. The van der Waals surface area contributed by atoms with Gasteiger partial charge in [0, 0.05) is 20.2 Å². The van der Waals surface area contributed by atoms with Crippen molar-refractivity contribution in [1.29, 1.82) is 0 Å². The predicted octanol–water partition coefficient (Wildman–Crippen LogP) is -1.70. The average Bonchev–Trinajstić information content (AvgIpc) is 1.97. The number of rotatable bonds is 6. The van der Waals surface area contributed by atoms with Crippen LogP contribution in [-0.2, 0) is 19.6 Å². The van der Waals surface area contributed by atoms with Crippen LogP contribution in [0.2, 0.25) is 0 Å². The molecule has 0 fully saturated rings. The van der Waals surface area contributed by atoms with Gasteiger partial charge in [-0.2, -0.15) is 0 Å². The Kier molecular flexibility index (Phi) is 5.60. The van der Waals surface area contributed by atoms with Crippen LogP contribution in [0.3, 0.4) is 0 Å². The van der Waals surface area contributed by atoms with Gasteiger partial charge in [-0.25, -0.2) is 13.1 Å². The Labute approximate surface area is 77.7 Å². The van der Waals surface area contributed by atoms with Crippen LogP contribution in [0.4, 0.5) is 0 Å². The first-order chi connectivity index (χ1) is 5.95. The molecule has 2 N–H and O–H groups in total. The summed E-state index contributed by atoms with van der Waals surface area (Å²) in [6, 6.07) is 0. The number of hydrogen-bond acceptors (Lipinski definition) is 4. The van der Waals surface area contributed by atoms with Crippen molar-refractivity contribution in [1.82, 2.24) is 10.0 Å². The summed E-state index contributed by atoms with van der Waals surface area (Å²) in [5.74, 6) is -0.266. The van der Waals surface area contributed by atoms with E-state index < -0.39 is 10.0 Å². The largest absolute Gasteiger partial charge is 0.375 e. The molecule has 0 saturated heterocycles. The van der Waals surface area contributed by atoms with Gasteiger partial charge in [-0.3, -0.25) is 4.79 Å². The summed E-state index contributed by atoms with van der Waals surface area (Å²) < 4.78 is 27.9. The topological polar surface area (TPSA) is 84.5 Å². The maximum Gasteiger partial charge on any atom is 0.246 e. The van der Waals surface area contributed by atoms with Crippen LogP contribution in [0.15, 0.2) is 0 Å². The number of amides is 1. The first kappa shape index (κ1) is 12.3. The average molecular weight is 210 g/mol. The summed E-state index contributed by atoms with van der Waals surface area (Å²) in [6.07, 6.45) is 1.06. The zero-order valence-electron chi connectivity index (χ0n) is 7.66. The van der Waals surface area contributed by atoms with Gasteiger partial charge >= 0.3 is 0 Å². The van der Waals surface area contributed by atoms with Gasteiger partial charge in [-0.1, -0.05) is 0 Å². The molecule has 0 aromatic carbocycles. The summed E-state index contributed by atoms with van der Waals surface area (Å²) in [6.45, 7) is 0.433. The number of sulfonamides is 1. The monoisotopic (exact) mass is 210 g/mol. The lowest BCUT2D eigenvalue weighted by Gasteiger charge is -2.04. The summed E-state index contributed by atoms with van der Waals surface area (Å²) in [4.78, 5) is 10.8. The van der Waals surface area contributed by atoms with Crippen molar-refractivity contribution < 1.29 is 17.9 Å². The smallest absolute Gasteiger partial charge is 0.246 e. The fraction of sp³-hybridized carbons (Fsp3) is 0.833. The highest BCUT2D eigenvalue weighted by atomic mass is 32.2. The van der Waals surface area contributed by atoms with Crippen molar-refractivity contribution >= 4 is 15.9 Å². The minimum atomic E-state index is -3.17. The molecule has 0 aromatic rings. The van der Waals surface area contributed by atoms with E-state index in [-0.39, 0.29) is 25.6 Å². The summed E-state index contributed by atoms with van der Waals surface area (Å²) in [5, 5.41) is 2.47. The molecule has 7 heteroatoms. The predicted molar refractivity (Wildman–Crippen MR) is 47.7 cm³/mol. The van der Waals surface area contributed by atoms with E-state index in [1.165, 1.54) is 7.11 Å². The Morgan fingerprint density at radius 1 is 1.38 bits per heavy atom. The van der Waals surface area contributed by atoms with Crippen molar-refractivity contribution in [2.75, 3.05) is 33.1 Å². The quantitative estimate of drug-likeness (QED) is 0.512. The zero-order valence-corrected chi connectivity index (χ0v) is 8.48. The van der Waals surface area contributed by atoms with Crippen LogP contribution in [0, 0.1) is 0 Å². The van der Waals surface area contributed by atoms with E-state index in [0.29, 0.717) is 0 Å². The Bertz CT molecular complexity index is 249. The van der Waals surface area contributed by atoms with Crippen LogP contribution in [0.25, 0.3) is 0 Å². The second-order valence-electron chi connectivity index (χ2n) is 2.45. The van der Waals surface area contributed by atoms with Gasteiger partial charge in [0.2, 0.25) is 15.9 Å². The minimum absolute atomic E-state index is 0.0150. The van der Waals surface area contributed by atoms with Crippen molar-refractivity contribution in [3.05, 3.63) is 0 Å². The highest BCUT2D eigenvalue weighted by Gasteiger charge is 2.01. The molecule has 0 unspecified atom stereocenters. The molecule has 13 heavy (non-hydrogen) atoms. The van der Waals surface area contributed by atoms with Gasteiger partial charge in [-0.05, 0) is 0 Å². The molecule has 0 aliphatic carbocycles. The number of carbonyl (C=O) groups is 1. The van der Waals surface area contributed by atoms with Crippen LogP contribution in [0.1, 0.15) is 0 Å². The lowest BCUT2D eigenvalue weighted by atomic mass is 10.6. The second kappa shape index (κ2) is 5.90. The Morgan fingerprint density at radius 2 is 2.00 bits per heavy atom. The maximum absolute atomic E-state index is 10.8. The van der Waals surface area contributed by atoms with Gasteiger partial charge in [-0.15, -0.1) is 0 Å². The zero-order chi connectivity index (χ0) is 10.3. The van der Waals surface area contributed by atoms with E-state index in [1.807, 2.05) is 0 Å². The normalized spacial score (nSPS) is 11.2. The fourth-order valence-corrected chi connectivity index (χ4v) is 1.09. The van der Waals surface area contributed by atoms with E-state index in [2.05, 4.69) is 14.8 Å². The molecule has 0 aromatic heterocycles. The number of carbonyl (C=O) groups excluding carboxylic acids is 1. The molecule has 0 spiro atoms. The molecule has 0 atom stereocenters. The Morgan fingerprint density at radius 3 is 2.46 bits per heavy atom. The van der Waals surface area contributed by atoms with Crippen LogP contribution >= 0.6 is 0 Å². The minimum Gasteiger partial charge on any atom is -0.375 e. The third kappa shape index (κ3) is 9.25. The maximum atomic E-state index is 10.8. The molecule has 0 heterocycles. The molecular weight excluding hydrogens is 196 g/mol. The van der Waals surface area contributed by atoms with Crippen molar-refractivity contribution in [3.8, 4) is 0 Å². The molecular formula is C6H14N2O4S. The van der Waals surface area contributed by atoms with Crippen molar-refractivity contribution in [3.63, 3.8) is 0 Å². The number of ether oxygens (including phenoxy) is 1. The van der Waals surface area contributed by atoms with Crippen molar-refractivity contribution in [2.45, 2.75) is 0 Å². The molecule has 0 aliphatic heterocycles. The Balaban J connectivity index is 3.41. The van der Waals surface area contributed by atoms with Gasteiger partial charge in [0.25, 0.3) is 0 Å². The summed E-state index contributed by atoms with van der Waals surface area (Å²) in [7, 11) is -1.76. The van der Waals surface area contributed by atoms with Crippen molar-refractivity contribution in [2.24, 2.45) is 0 Å². The van der Waals surface area contributed by atoms with E-state index in [4.69, 9.17) is 0 Å². The number of methoxy groups -OCH3 is 1. The third-order valence-electron chi connectivity index (χ3n) is 1.09.